The van der Waals surface area contributed by atoms with Crippen molar-refractivity contribution in [3.8, 4) is 11.5 Å². The molecule has 0 spiro atoms. The van der Waals surface area contributed by atoms with Gasteiger partial charge in [-0.15, -0.1) is 0 Å². The first kappa shape index (κ1) is 19.3. The lowest BCUT2D eigenvalue weighted by Gasteiger charge is -2.12. The minimum absolute atomic E-state index is 0.0824. The van der Waals surface area contributed by atoms with Gasteiger partial charge in [0, 0.05) is 18.2 Å². The molecule has 0 atom stereocenters. The Bertz CT molecular complexity index is 1100. The Hall–Kier alpha value is -4.00. The van der Waals surface area contributed by atoms with Crippen molar-refractivity contribution in [1.82, 2.24) is 10.6 Å². The smallest absolute Gasteiger partial charge is 0.268 e. The standard InChI is InChI=1S/C23H20N2O5/c1-15-5-2-3-7-18(15)22(26)25-19(12-17-6-4-10-28-17)23(27)24-13-16-8-9-20-21(11-16)30-14-29-20/h2-12H,13-14H2,1H3,(H,24,27)(H,25,26)/b19-12-. The summed E-state index contributed by atoms with van der Waals surface area (Å²) in [5.74, 6) is 0.957. The molecule has 0 bridgehead atoms. The molecule has 1 aliphatic rings. The Morgan fingerprint density at radius 1 is 1.03 bits per heavy atom. The van der Waals surface area contributed by atoms with E-state index in [-0.39, 0.29) is 24.9 Å². The molecule has 3 aromatic rings. The number of fused-ring (bicyclic) bond motifs is 1. The van der Waals surface area contributed by atoms with Crippen LogP contribution in [0.3, 0.4) is 0 Å². The lowest BCUT2D eigenvalue weighted by Crippen LogP contribution is -2.34. The molecule has 2 amide bonds. The van der Waals surface area contributed by atoms with Gasteiger partial charge in [-0.3, -0.25) is 9.59 Å². The number of hydrogen-bond donors (Lipinski definition) is 2. The van der Waals surface area contributed by atoms with Gasteiger partial charge >= 0.3 is 0 Å². The van der Waals surface area contributed by atoms with Gasteiger partial charge in [0.15, 0.2) is 11.5 Å². The Morgan fingerprint density at radius 3 is 2.67 bits per heavy atom. The van der Waals surface area contributed by atoms with Crippen molar-refractivity contribution in [2.24, 2.45) is 0 Å². The average molecular weight is 404 g/mol. The maximum absolute atomic E-state index is 12.8. The van der Waals surface area contributed by atoms with Crippen LogP contribution in [0.1, 0.15) is 27.2 Å². The average Bonchev–Trinajstić information content (AvgIpc) is 3.43. The normalized spacial score (nSPS) is 12.5. The van der Waals surface area contributed by atoms with Gasteiger partial charge in [-0.2, -0.15) is 0 Å². The Labute approximate surface area is 173 Å². The van der Waals surface area contributed by atoms with Crippen LogP contribution in [0.25, 0.3) is 6.08 Å². The van der Waals surface area contributed by atoms with Gasteiger partial charge in [0.05, 0.1) is 6.26 Å². The highest BCUT2D eigenvalue weighted by Crippen LogP contribution is 2.32. The number of carbonyl (C=O) groups excluding carboxylic acids is 2. The molecule has 2 heterocycles. The fourth-order valence-corrected chi connectivity index (χ4v) is 3.02. The fraction of sp³-hybridized carbons (Fsp3) is 0.130. The molecule has 2 aromatic carbocycles. The summed E-state index contributed by atoms with van der Waals surface area (Å²) < 4.78 is 16.0. The molecule has 30 heavy (non-hydrogen) atoms. The SMILES string of the molecule is Cc1ccccc1C(=O)N/C(=C\c1ccco1)C(=O)NCc1ccc2c(c1)OCO2. The molecule has 0 unspecified atom stereocenters. The van der Waals surface area contributed by atoms with Crippen molar-refractivity contribution in [2.45, 2.75) is 13.5 Å². The summed E-state index contributed by atoms with van der Waals surface area (Å²) in [6.45, 7) is 2.28. The van der Waals surface area contributed by atoms with E-state index in [0.29, 0.717) is 22.8 Å². The first-order chi connectivity index (χ1) is 14.6. The molecule has 0 aliphatic carbocycles. The topological polar surface area (TPSA) is 89.8 Å². The zero-order valence-electron chi connectivity index (χ0n) is 16.3. The zero-order valence-corrected chi connectivity index (χ0v) is 16.3. The van der Waals surface area contributed by atoms with Crippen LogP contribution >= 0.6 is 0 Å². The second kappa shape index (κ2) is 8.57. The van der Waals surface area contributed by atoms with Gasteiger partial charge in [0.2, 0.25) is 6.79 Å². The molecule has 0 saturated heterocycles. The second-order valence-electron chi connectivity index (χ2n) is 6.71. The van der Waals surface area contributed by atoms with Crippen LogP contribution in [0, 0.1) is 6.92 Å². The van der Waals surface area contributed by atoms with Crippen molar-refractivity contribution in [1.29, 1.82) is 0 Å². The van der Waals surface area contributed by atoms with E-state index in [4.69, 9.17) is 13.9 Å². The molecule has 0 saturated carbocycles. The van der Waals surface area contributed by atoms with Crippen LogP contribution in [0.15, 0.2) is 71.0 Å². The van der Waals surface area contributed by atoms with E-state index >= 15 is 0 Å². The van der Waals surface area contributed by atoms with E-state index in [1.54, 1.807) is 30.3 Å². The fourth-order valence-electron chi connectivity index (χ4n) is 3.02. The van der Waals surface area contributed by atoms with Crippen LogP contribution < -0.4 is 20.1 Å². The first-order valence-electron chi connectivity index (χ1n) is 9.39. The van der Waals surface area contributed by atoms with Crippen LogP contribution in [-0.2, 0) is 11.3 Å². The Balaban J connectivity index is 1.50. The number of rotatable bonds is 6. The molecule has 7 heteroatoms. The minimum atomic E-state index is -0.439. The highest BCUT2D eigenvalue weighted by molar-refractivity contribution is 6.05. The summed E-state index contributed by atoms with van der Waals surface area (Å²) >= 11 is 0. The number of ether oxygens (including phenoxy) is 2. The van der Waals surface area contributed by atoms with Crippen molar-refractivity contribution in [3.05, 3.63) is 89.0 Å². The largest absolute Gasteiger partial charge is 0.465 e. The zero-order chi connectivity index (χ0) is 20.9. The molecule has 0 fully saturated rings. The van der Waals surface area contributed by atoms with E-state index < -0.39 is 5.91 Å². The number of carbonyl (C=O) groups is 2. The third-order valence-electron chi connectivity index (χ3n) is 4.60. The van der Waals surface area contributed by atoms with E-state index in [9.17, 15) is 9.59 Å². The molecule has 4 rings (SSSR count). The van der Waals surface area contributed by atoms with E-state index in [2.05, 4.69) is 10.6 Å². The summed E-state index contributed by atoms with van der Waals surface area (Å²) in [5, 5.41) is 5.51. The van der Waals surface area contributed by atoms with Gasteiger partial charge < -0.3 is 24.5 Å². The quantitative estimate of drug-likeness (QED) is 0.615. The third-order valence-corrected chi connectivity index (χ3v) is 4.60. The van der Waals surface area contributed by atoms with E-state index in [1.807, 2.05) is 31.2 Å². The first-order valence-corrected chi connectivity index (χ1v) is 9.39. The monoisotopic (exact) mass is 404 g/mol. The number of hydrogen-bond acceptors (Lipinski definition) is 5. The van der Waals surface area contributed by atoms with Crippen LogP contribution in [0.4, 0.5) is 0 Å². The highest BCUT2D eigenvalue weighted by atomic mass is 16.7. The predicted octanol–water partition coefficient (Wildman–Crippen LogP) is 3.40. The van der Waals surface area contributed by atoms with E-state index in [1.165, 1.54) is 12.3 Å². The maximum atomic E-state index is 12.8. The summed E-state index contributed by atoms with van der Waals surface area (Å²) in [5.41, 5.74) is 2.23. The second-order valence-corrected chi connectivity index (χ2v) is 6.71. The molecule has 7 nitrogen and oxygen atoms in total. The third kappa shape index (κ3) is 4.35. The van der Waals surface area contributed by atoms with Crippen LogP contribution in [0.5, 0.6) is 11.5 Å². The molecule has 2 N–H and O–H groups in total. The summed E-state index contributed by atoms with van der Waals surface area (Å²) in [7, 11) is 0. The van der Waals surface area contributed by atoms with Gasteiger partial charge in [0.1, 0.15) is 11.5 Å². The number of amides is 2. The molecule has 152 valence electrons. The van der Waals surface area contributed by atoms with Crippen LogP contribution in [0.2, 0.25) is 0 Å². The Kier molecular flexibility index (Phi) is 5.52. The van der Waals surface area contributed by atoms with Crippen molar-refractivity contribution in [2.75, 3.05) is 6.79 Å². The molecule has 0 radical (unpaired) electrons. The lowest BCUT2D eigenvalue weighted by molar-refractivity contribution is -0.117. The van der Waals surface area contributed by atoms with Gasteiger partial charge in [-0.05, 0) is 48.4 Å². The molecule has 1 aliphatic heterocycles. The molecule has 1 aromatic heterocycles. The minimum Gasteiger partial charge on any atom is -0.465 e. The number of furan rings is 1. The molecular weight excluding hydrogens is 384 g/mol. The number of benzene rings is 2. The highest BCUT2D eigenvalue weighted by Gasteiger charge is 2.17. The number of nitrogens with one attached hydrogen (secondary N) is 2. The van der Waals surface area contributed by atoms with Crippen molar-refractivity contribution < 1.29 is 23.5 Å². The van der Waals surface area contributed by atoms with Crippen molar-refractivity contribution >= 4 is 17.9 Å². The lowest BCUT2D eigenvalue weighted by atomic mass is 10.1. The van der Waals surface area contributed by atoms with Gasteiger partial charge in [-0.1, -0.05) is 24.3 Å². The van der Waals surface area contributed by atoms with E-state index in [0.717, 1.165) is 11.1 Å². The molecular formula is C23H20N2O5. The summed E-state index contributed by atoms with van der Waals surface area (Å²) in [4.78, 5) is 25.6. The Morgan fingerprint density at radius 2 is 1.87 bits per heavy atom. The number of aryl methyl sites for hydroxylation is 1. The van der Waals surface area contributed by atoms with Crippen molar-refractivity contribution in [3.63, 3.8) is 0 Å². The maximum Gasteiger partial charge on any atom is 0.268 e. The van der Waals surface area contributed by atoms with Crippen LogP contribution in [-0.4, -0.2) is 18.6 Å². The van der Waals surface area contributed by atoms with Gasteiger partial charge in [0.25, 0.3) is 11.8 Å². The predicted molar refractivity (Wildman–Crippen MR) is 110 cm³/mol. The van der Waals surface area contributed by atoms with Gasteiger partial charge in [-0.25, -0.2) is 0 Å². The summed E-state index contributed by atoms with van der Waals surface area (Å²) in [6.07, 6.45) is 2.99. The summed E-state index contributed by atoms with van der Waals surface area (Å²) in [6, 6.07) is 16.0.